The molecule has 1 unspecified atom stereocenters. The monoisotopic (exact) mass is 486 g/mol. The van der Waals surface area contributed by atoms with Crippen LogP contribution in [0.5, 0.6) is 0 Å². The van der Waals surface area contributed by atoms with Crippen LogP contribution in [0.1, 0.15) is 35.4 Å². The van der Waals surface area contributed by atoms with Gasteiger partial charge in [0.1, 0.15) is 0 Å². The molecule has 2 aromatic rings. The Hall–Kier alpha value is -2.72. The van der Waals surface area contributed by atoms with Gasteiger partial charge in [-0.25, -0.2) is 18.2 Å². The molecule has 1 heterocycles. The molecule has 1 amide bonds. The van der Waals surface area contributed by atoms with Crippen LogP contribution < -0.4 is 10.8 Å². The zero-order valence-corrected chi connectivity index (χ0v) is 20.6. The number of sulfonamides is 1. The van der Waals surface area contributed by atoms with Gasteiger partial charge in [-0.3, -0.25) is 14.9 Å². The molecule has 1 atom stereocenters. The molecule has 3 N–H and O–H groups in total. The fourth-order valence-electron chi connectivity index (χ4n) is 4.08. The van der Waals surface area contributed by atoms with Crippen LogP contribution in [0.3, 0.4) is 0 Å². The lowest BCUT2D eigenvalue weighted by Crippen LogP contribution is -2.31. The number of hydrogen-bond donors (Lipinski definition) is 3. The van der Waals surface area contributed by atoms with E-state index in [4.69, 9.17) is 5.21 Å². The molecule has 0 aromatic heterocycles. The number of carbonyl (C=O) groups excluding carboxylic acids is 1. The van der Waals surface area contributed by atoms with Gasteiger partial charge in [0.05, 0.1) is 5.75 Å². The lowest BCUT2D eigenvalue weighted by atomic mass is 9.97. The summed E-state index contributed by atoms with van der Waals surface area (Å²) in [6, 6.07) is 16.3. The second kappa shape index (κ2) is 12.1. The molecule has 0 saturated carbocycles. The minimum absolute atomic E-state index is 0.126. The van der Waals surface area contributed by atoms with E-state index < -0.39 is 15.9 Å². The molecular formula is C25H34N4O4S. The lowest BCUT2D eigenvalue weighted by molar-refractivity contribution is -0.124. The molecule has 0 fully saturated rings. The van der Waals surface area contributed by atoms with Gasteiger partial charge in [0.25, 0.3) is 5.91 Å². The van der Waals surface area contributed by atoms with Crippen molar-refractivity contribution in [2.24, 2.45) is 0 Å². The summed E-state index contributed by atoms with van der Waals surface area (Å²) >= 11 is 0. The minimum atomic E-state index is -3.22. The van der Waals surface area contributed by atoms with Crippen LogP contribution in [0.2, 0.25) is 0 Å². The summed E-state index contributed by atoms with van der Waals surface area (Å²) in [6.07, 6.45) is 4.45. The molecule has 2 aromatic carbocycles. The van der Waals surface area contributed by atoms with Crippen LogP contribution in [0, 0.1) is 0 Å². The number of fused-ring (bicyclic) bond motifs is 1. The van der Waals surface area contributed by atoms with E-state index in [1.165, 1.54) is 21.6 Å². The van der Waals surface area contributed by atoms with E-state index in [9.17, 15) is 13.2 Å². The number of anilines is 1. The van der Waals surface area contributed by atoms with Gasteiger partial charge in [0.15, 0.2) is 0 Å². The first-order chi connectivity index (χ1) is 16.3. The van der Waals surface area contributed by atoms with Crippen LogP contribution in [0.15, 0.2) is 54.6 Å². The van der Waals surface area contributed by atoms with Crippen molar-refractivity contribution < 1.29 is 18.4 Å². The van der Waals surface area contributed by atoms with Crippen molar-refractivity contribution in [3.8, 4) is 0 Å². The Morgan fingerprint density at radius 3 is 2.59 bits per heavy atom. The number of hydroxylamine groups is 1. The van der Waals surface area contributed by atoms with E-state index in [1.54, 1.807) is 25.7 Å². The van der Waals surface area contributed by atoms with Crippen molar-refractivity contribution in [3.05, 3.63) is 71.3 Å². The highest BCUT2D eigenvalue weighted by molar-refractivity contribution is 7.89. The third kappa shape index (κ3) is 7.39. The Balaban J connectivity index is 1.63. The maximum atomic E-state index is 12.2. The van der Waals surface area contributed by atoms with Crippen LogP contribution in [-0.2, 0) is 21.4 Å². The third-order valence-corrected chi connectivity index (χ3v) is 8.01. The number of nitrogens with zero attached hydrogens (tertiary/aromatic N) is 2. The molecule has 0 spiro atoms. The first kappa shape index (κ1) is 25.9. The standard InChI is InChI=1S/C25H34N4O4S/c1-28(2)34(32,33)17-5-15-29(16-14-22-18-26-24-7-4-3-6-23(22)24)19-21-10-8-20(9-11-21)12-13-25(30)27-31/h3-4,6-13,22,26,31H,5,14-19H2,1-2H3,(H,27,30)/b13-12+. The molecule has 0 bridgehead atoms. The molecule has 3 rings (SSSR count). The maximum absolute atomic E-state index is 12.2. The van der Waals surface area contributed by atoms with E-state index in [0.29, 0.717) is 25.4 Å². The Kier molecular flexibility index (Phi) is 9.23. The van der Waals surface area contributed by atoms with Gasteiger partial charge < -0.3 is 5.32 Å². The summed E-state index contributed by atoms with van der Waals surface area (Å²) in [5.41, 5.74) is 6.09. The number of amides is 1. The predicted octanol–water partition coefficient (Wildman–Crippen LogP) is 2.89. The van der Waals surface area contributed by atoms with Crippen molar-refractivity contribution in [2.75, 3.05) is 44.8 Å². The quantitative estimate of drug-likeness (QED) is 0.242. The fourth-order valence-corrected chi connectivity index (χ4v) is 4.94. The van der Waals surface area contributed by atoms with E-state index in [-0.39, 0.29) is 5.75 Å². The Bertz CT molecular complexity index is 1080. The molecule has 0 radical (unpaired) electrons. The largest absolute Gasteiger partial charge is 0.384 e. The first-order valence-corrected chi connectivity index (χ1v) is 13.1. The van der Waals surface area contributed by atoms with Crippen molar-refractivity contribution in [3.63, 3.8) is 0 Å². The van der Waals surface area contributed by atoms with E-state index in [1.807, 2.05) is 30.3 Å². The molecule has 34 heavy (non-hydrogen) atoms. The van der Waals surface area contributed by atoms with Crippen LogP contribution in [-0.4, -0.2) is 68.2 Å². The van der Waals surface area contributed by atoms with Crippen molar-refractivity contribution in [2.45, 2.75) is 25.3 Å². The van der Waals surface area contributed by atoms with E-state index in [0.717, 1.165) is 30.6 Å². The molecule has 0 aliphatic carbocycles. The zero-order valence-electron chi connectivity index (χ0n) is 19.8. The molecule has 0 saturated heterocycles. The zero-order chi connectivity index (χ0) is 24.6. The second-order valence-electron chi connectivity index (χ2n) is 8.73. The third-order valence-electron chi connectivity index (χ3n) is 6.09. The lowest BCUT2D eigenvalue weighted by Gasteiger charge is -2.24. The Morgan fingerprint density at radius 1 is 1.15 bits per heavy atom. The molecule has 9 heteroatoms. The Labute approximate surface area is 202 Å². The summed E-state index contributed by atoms with van der Waals surface area (Å²) in [5.74, 6) is -0.0127. The van der Waals surface area contributed by atoms with Gasteiger partial charge in [-0.05, 0) is 54.8 Å². The van der Waals surface area contributed by atoms with Crippen molar-refractivity contribution >= 4 is 27.7 Å². The topological polar surface area (TPSA) is 102 Å². The SMILES string of the molecule is CN(C)S(=O)(=O)CCCN(CCC1CNc2ccccc21)Cc1ccc(/C=C/C(=O)NO)cc1. The van der Waals surface area contributed by atoms with Gasteiger partial charge in [0, 0.05) is 44.9 Å². The van der Waals surface area contributed by atoms with Crippen molar-refractivity contribution in [1.29, 1.82) is 0 Å². The number of carbonyl (C=O) groups is 1. The summed E-state index contributed by atoms with van der Waals surface area (Å²) < 4.78 is 25.7. The molecule has 1 aliphatic rings. The highest BCUT2D eigenvalue weighted by Gasteiger charge is 2.22. The molecular weight excluding hydrogens is 452 g/mol. The van der Waals surface area contributed by atoms with E-state index >= 15 is 0 Å². The number of nitrogens with one attached hydrogen (secondary N) is 2. The van der Waals surface area contributed by atoms with E-state index in [2.05, 4.69) is 28.4 Å². The van der Waals surface area contributed by atoms with Gasteiger partial charge in [-0.15, -0.1) is 0 Å². The predicted molar refractivity (Wildman–Crippen MR) is 135 cm³/mol. The smallest absolute Gasteiger partial charge is 0.267 e. The number of para-hydroxylation sites is 1. The highest BCUT2D eigenvalue weighted by atomic mass is 32.2. The van der Waals surface area contributed by atoms with Crippen LogP contribution >= 0.6 is 0 Å². The number of benzene rings is 2. The first-order valence-electron chi connectivity index (χ1n) is 11.4. The average molecular weight is 487 g/mol. The van der Waals surface area contributed by atoms with Crippen LogP contribution in [0.25, 0.3) is 6.08 Å². The second-order valence-corrected chi connectivity index (χ2v) is 11.0. The molecule has 184 valence electrons. The van der Waals surface area contributed by atoms with Gasteiger partial charge in [-0.1, -0.05) is 42.5 Å². The number of rotatable bonds is 12. The molecule has 8 nitrogen and oxygen atoms in total. The molecule has 1 aliphatic heterocycles. The fraction of sp³-hybridized carbons (Fsp3) is 0.400. The Morgan fingerprint density at radius 2 is 1.88 bits per heavy atom. The average Bonchev–Trinajstić information content (AvgIpc) is 3.24. The summed E-state index contributed by atoms with van der Waals surface area (Å²) in [7, 11) is -0.0853. The summed E-state index contributed by atoms with van der Waals surface area (Å²) in [6.45, 7) is 3.18. The minimum Gasteiger partial charge on any atom is -0.384 e. The maximum Gasteiger partial charge on any atom is 0.267 e. The van der Waals surface area contributed by atoms with Crippen LogP contribution in [0.4, 0.5) is 5.69 Å². The summed E-state index contributed by atoms with van der Waals surface area (Å²) in [4.78, 5) is 13.5. The van der Waals surface area contributed by atoms with Gasteiger partial charge in [-0.2, -0.15) is 0 Å². The van der Waals surface area contributed by atoms with Gasteiger partial charge >= 0.3 is 0 Å². The van der Waals surface area contributed by atoms with Gasteiger partial charge in [0.2, 0.25) is 10.0 Å². The number of hydrogen-bond acceptors (Lipinski definition) is 6. The summed E-state index contributed by atoms with van der Waals surface area (Å²) in [5, 5.41) is 12.1. The highest BCUT2D eigenvalue weighted by Crippen LogP contribution is 2.33. The van der Waals surface area contributed by atoms with Crippen molar-refractivity contribution in [1.82, 2.24) is 14.7 Å². The normalized spacial score (nSPS) is 15.6.